The monoisotopic (exact) mass is 536 g/mol. The van der Waals surface area contributed by atoms with Gasteiger partial charge in [-0.1, -0.05) is 12.1 Å². The fraction of sp³-hybridized carbons (Fsp3) is 0.222. The molecule has 0 saturated heterocycles. The highest BCUT2D eigenvalue weighted by molar-refractivity contribution is 7.47. The third kappa shape index (κ3) is 9.19. The Bertz CT molecular complexity index is 1190. The first-order valence-electron chi connectivity index (χ1n) is 9.47. The molecule has 35 heavy (non-hydrogen) atoms. The van der Waals surface area contributed by atoms with Crippen molar-refractivity contribution in [3.8, 4) is 23.0 Å². The molecule has 0 bridgehead atoms. The lowest BCUT2D eigenvalue weighted by Crippen LogP contribution is -2.50. The Hall–Kier alpha value is -3.16. The van der Waals surface area contributed by atoms with Crippen LogP contribution in [0.5, 0.6) is 23.0 Å². The van der Waals surface area contributed by atoms with Crippen molar-refractivity contribution in [3.63, 3.8) is 0 Å². The van der Waals surface area contributed by atoms with Crippen LogP contribution in [0.4, 0.5) is 0 Å². The summed E-state index contributed by atoms with van der Waals surface area (Å²) in [5.41, 5.74) is 6.28. The summed E-state index contributed by atoms with van der Waals surface area (Å²) in [7, 11) is -9.83. The summed E-state index contributed by atoms with van der Waals surface area (Å²) < 4.78 is 30.3. The average molecular weight is 536 g/mol. The highest BCUT2D eigenvalue weighted by atomic mass is 31.2. The van der Waals surface area contributed by atoms with E-state index in [1.165, 1.54) is 12.1 Å². The Morgan fingerprint density at radius 1 is 0.857 bits per heavy atom. The molecule has 2 aromatic rings. The molecule has 192 valence electrons. The van der Waals surface area contributed by atoms with Crippen molar-refractivity contribution in [1.29, 1.82) is 0 Å². The van der Waals surface area contributed by atoms with Gasteiger partial charge in [-0.15, -0.1) is 0 Å². The number of phosphoric ester groups is 2. The van der Waals surface area contributed by atoms with Crippen molar-refractivity contribution in [2.75, 3.05) is 0 Å². The number of nitrogens with one attached hydrogen (secondary N) is 1. The van der Waals surface area contributed by atoms with Crippen molar-refractivity contribution >= 4 is 27.5 Å². The molecule has 0 saturated carbocycles. The number of amides is 1. The van der Waals surface area contributed by atoms with Gasteiger partial charge in [-0.05, 0) is 41.8 Å². The zero-order valence-corrected chi connectivity index (χ0v) is 19.4. The number of carbonyl (C=O) groups excluding carboxylic acids is 1. The maximum absolute atomic E-state index is 12.4. The van der Waals surface area contributed by atoms with E-state index in [-0.39, 0.29) is 24.0 Å². The largest absolute Gasteiger partial charge is 0.524 e. The molecule has 0 aliphatic heterocycles. The summed E-state index contributed by atoms with van der Waals surface area (Å²) in [6, 6.07) is 3.90. The van der Waals surface area contributed by atoms with Crippen LogP contribution in [0.3, 0.4) is 0 Å². The molecule has 15 nitrogen and oxygen atoms in total. The van der Waals surface area contributed by atoms with Crippen LogP contribution < -0.4 is 20.1 Å². The normalized spacial score (nSPS) is 13.5. The fourth-order valence-electron chi connectivity index (χ4n) is 2.85. The van der Waals surface area contributed by atoms with Crippen LogP contribution >= 0.6 is 15.6 Å². The highest BCUT2D eigenvalue weighted by Gasteiger charge is 2.26. The van der Waals surface area contributed by atoms with Crippen molar-refractivity contribution in [1.82, 2.24) is 5.32 Å². The smallest absolute Gasteiger partial charge is 0.504 e. The Balaban J connectivity index is 2.05. The minimum absolute atomic E-state index is 0.183. The molecule has 1 amide bonds. The molecule has 0 aliphatic rings. The molecular formula is C18H22N2O13P2. The number of hydrogen-bond acceptors (Lipinski definition) is 9. The van der Waals surface area contributed by atoms with Crippen LogP contribution in [-0.4, -0.2) is 58.9 Å². The van der Waals surface area contributed by atoms with Crippen molar-refractivity contribution in [3.05, 3.63) is 47.5 Å². The minimum Gasteiger partial charge on any atom is -0.504 e. The van der Waals surface area contributed by atoms with E-state index in [0.29, 0.717) is 0 Å². The molecule has 0 aliphatic carbocycles. The second-order valence-corrected chi connectivity index (χ2v) is 9.51. The molecule has 2 atom stereocenters. The van der Waals surface area contributed by atoms with E-state index in [4.69, 9.17) is 25.3 Å². The topological polar surface area (TPSA) is 266 Å². The molecule has 0 radical (unpaired) electrons. The van der Waals surface area contributed by atoms with Crippen LogP contribution in [0.15, 0.2) is 36.4 Å². The molecular weight excluding hydrogens is 514 g/mol. The summed E-state index contributed by atoms with van der Waals surface area (Å²) in [5, 5.41) is 31.3. The highest BCUT2D eigenvalue weighted by Crippen LogP contribution is 2.42. The van der Waals surface area contributed by atoms with E-state index in [1.807, 2.05) is 0 Å². The third-order valence-electron chi connectivity index (χ3n) is 4.33. The summed E-state index contributed by atoms with van der Waals surface area (Å²) in [6.07, 6.45) is -0.510. The Kier molecular flexibility index (Phi) is 8.87. The zero-order valence-electron chi connectivity index (χ0n) is 17.6. The first kappa shape index (κ1) is 28.1. The van der Waals surface area contributed by atoms with Gasteiger partial charge in [0.25, 0.3) is 0 Å². The Morgan fingerprint density at radius 3 is 1.66 bits per heavy atom. The number of carboxylic acids is 1. The van der Waals surface area contributed by atoms with E-state index in [0.717, 1.165) is 24.3 Å². The van der Waals surface area contributed by atoms with E-state index >= 15 is 0 Å². The van der Waals surface area contributed by atoms with E-state index < -0.39 is 62.6 Å². The number of aliphatic carboxylic acids is 1. The number of phosphoric acid groups is 2. The maximum Gasteiger partial charge on any atom is 0.524 e. The van der Waals surface area contributed by atoms with Crippen LogP contribution in [0.1, 0.15) is 11.1 Å². The standard InChI is InChI=1S/C18H22N2O13P2/c19-11(5-9-1-3-15(13(21)7-9)32-34(26,27)28)17(23)20-12(18(24)25)6-10-2-4-16(14(22)8-10)33-35(29,30)31/h1-4,7-8,11-12,21-22H,5-6,19H2,(H,20,23)(H,24,25)(H2,26,27,28)(H2,29,30,31)/t11-,12-/m0/s1. The summed E-state index contributed by atoms with van der Waals surface area (Å²) in [5.74, 6) is -4.61. The minimum atomic E-state index is -4.93. The van der Waals surface area contributed by atoms with Gasteiger partial charge in [-0.3, -0.25) is 24.4 Å². The molecule has 10 N–H and O–H groups in total. The second kappa shape index (κ2) is 11.1. The van der Waals surface area contributed by atoms with Crippen LogP contribution in [0.25, 0.3) is 0 Å². The number of rotatable bonds is 11. The van der Waals surface area contributed by atoms with Crippen molar-refractivity contribution in [2.24, 2.45) is 5.73 Å². The van der Waals surface area contributed by atoms with Crippen LogP contribution in [0, 0.1) is 0 Å². The van der Waals surface area contributed by atoms with Gasteiger partial charge < -0.3 is 35.4 Å². The summed E-state index contributed by atoms with van der Waals surface area (Å²) in [6.45, 7) is 0. The quantitative estimate of drug-likeness (QED) is 0.167. The number of aromatic hydroxyl groups is 2. The number of benzene rings is 2. The van der Waals surface area contributed by atoms with Crippen LogP contribution in [-0.2, 0) is 31.6 Å². The third-order valence-corrected chi connectivity index (χ3v) is 5.20. The van der Waals surface area contributed by atoms with Crippen molar-refractivity contribution in [2.45, 2.75) is 24.9 Å². The van der Waals surface area contributed by atoms with Gasteiger partial charge in [-0.25, -0.2) is 13.9 Å². The summed E-state index contributed by atoms with van der Waals surface area (Å²) in [4.78, 5) is 59.2. The lowest BCUT2D eigenvalue weighted by Gasteiger charge is -2.19. The molecule has 2 rings (SSSR count). The number of phenolic OH excluding ortho intramolecular Hbond substituents is 2. The lowest BCUT2D eigenvalue weighted by molar-refractivity contribution is -0.142. The average Bonchev–Trinajstić information content (AvgIpc) is 2.69. The predicted molar refractivity (Wildman–Crippen MR) is 117 cm³/mol. The van der Waals surface area contributed by atoms with Gasteiger partial charge in [0.15, 0.2) is 23.0 Å². The van der Waals surface area contributed by atoms with E-state index in [1.54, 1.807) is 0 Å². The number of carbonyl (C=O) groups is 2. The molecule has 0 heterocycles. The fourth-order valence-corrected chi connectivity index (χ4v) is 3.67. The molecule has 0 spiro atoms. The number of carboxylic acid groups (broad SMARTS) is 1. The summed E-state index contributed by atoms with van der Waals surface area (Å²) >= 11 is 0. The SMILES string of the molecule is N[C@@H](Cc1ccc(OP(=O)(O)O)c(O)c1)C(=O)N[C@@H](Cc1ccc(OP(=O)(O)O)c(O)c1)C(=O)O. The first-order chi connectivity index (χ1) is 16.0. The zero-order chi connectivity index (χ0) is 26.6. The van der Waals surface area contributed by atoms with Gasteiger partial charge in [0.2, 0.25) is 5.91 Å². The van der Waals surface area contributed by atoms with Gasteiger partial charge in [0.05, 0.1) is 6.04 Å². The molecule has 0 unspecified atom stereocenters. The lowest BCUT2D eigenvalue weighted by atomic mass is 10.0. The molecule has 0 aromatic heterocycles. The van der Waals surface area contributed by atoms with Gasteiger partial charge in [-0.2, -0.15) is 0 Å². The second-order valence-electron chi connectivity index (χ2n) is 7.18. The number of phenols is 2. The number of nitrogens with two attached hydrogens (primary N) is 1. The van der Waals surface area contributed by atoms with E-state index in [2.05, 4.69) is 14.4 Å². The Morgan fingerprint density at radius 2 is 1.29 bits per heavy atom. The van der Waals surface area contributed by atoms with Crippen LogP contribution in [0.2, 0.25) is 0 Å². The van der Waals surface area contributed by atoms with Gasteiger partial charge in [0, 0.05) is 6.42 Å². The predicted octanol–water partition coefficient (Wildman–Crippen LogP) is -0.277. The molecule has 2 aromatic carbocycles. The van der Waals surface area contributed by atoms with E-state index in [9.17, 15) is 34.0 Å². The van der Waals surface area contributed by atoms with Gasteiger partial charge in [0.1, 0.15) is 6.04 Å². The maximum atomic E-state index is 12.4. The number of hydrogen-bond donors (Lipinski definition) is 9. The first-order valence-corrected chi connectivity index (χ1v) is 12.5. The van der Waals surface area contributed by atoms with Crippen molar-refractivity contribution < 1.29 is 62.7 Å². The molecule has 0 fully saturated rings. The Labute approximate surface area is 197 Å². The van der Waals surface area contributed by atoms with Gasteiger partial charge >= 0.3 is 21.6 Å². The molecule has 17 heteroatoms.